The lowest BCUT2D eigenvalue weighted by atomic mass is 10.3. The second kappa shape index (κ2) is 3.82. The van der Waals surface area contributed by atoms with Crippen LogP contribution in [0.5, 0.6) is 0 Å². The van der Waals surface area contributed by atoms with E-state index in [-0.39, 0.29) is 11.7 Å². The van der Waals surface area contributed by atoms with Crippen molar-refractivity contribution < 1.29 is 9.59 Å². The van der Waals surface area contributed by atoms with Crippen LogP contribution in [0.3, 0.4) is 0 Å². The molecule has 0 fully saturated rings. The Hall–Kier alpha value is -1.12. The van der Waals surface area contributed by atoms with Crippen molar-refractivity contribution in [2.24, 2.45) is 0 Å². The molecule has 0 aliphatic heterocycles. The summed E-state index contributed by atoms with van der Waals surface area (Å²) in [5.74, 6) is -0.221. The number of carbonyl (C=O) groups is 2. The Morgan fingerprint density at radius 2 is 1.70 bits per heavy atom. The van der Waals surface area contributed by atoms with Crippen molar-refractivity contribution in [3.8, 4) is 0 Å². The van der Waals surface area contributed by atoms with Gasteiger partial charge in [-0.2, -0.15) is 0 Å². The third kappa shape index (κ3) is 5.03. The molecule has 0 spiro atoms. The highest BCUT2D eigenvalue weighted by Gasteiger charge is 1.92. The molecule has 0 unspecified atom stereocenters. The van der Waals surface area contributed by atoms with E-state index in [1.807, 2.05) is 0 Å². The lowest BCUT2D eigenvalue weighted by Crippen LogP contribution is -2.17. The minimum Gasteiger partial charge on any atom is -0.330 e. The Morgan fingerprint density at radius 3 is 2.00 bits per heavy atom. The van der Waals surface area contributed by atoms with Gasteiger partial charge in [-0.05, 0) is 19.9 Å². The molecule has 0 aromatic heterocycles. The van der Waals surface area contributed by atoms with Gasteiger partial charge in [0.1, 0.15) is 0 Å². The maximum absolute atomic E-state index is 10.4. The molecule has 1 N–H and O–H groups in total. The van der Waals surface area contributed by atoms with E-state index in [4.69, 9.17) is 0 Å². The summed E-state index contributed by atoms with van der Waals surface area (Å²) >= 11 is 0. The van der Waals surface area contributed by atoms with Gasteiger partial charge in [-0.1, -0.05) is 0 Å². The Kier molecular flexibility index (Phi) is 3.39. The minimum atomic E-state index is -0.157. The van der Waals surface area contributed by atoms with Crippen molar-refractivity contribution >= 4 is 11.7 Å². The van der Waals surface area contributed by atoms with Crippen molar-refractivity contribution in [3.05, 3.63) is 11.8 Å². The van der Waals surface area contributed by atoms with Crippen molar-refractivity contribution in [3.63, 3.8) is 0 Å². The highest BCUT2D eigenvalue weighted by molar-refractivity contribution is 5.88. The zero-order valence-electron chi connectivity index (χ0n) is 6.39. The third-order valence-corrected chi connectivity index (χ3v) is 0.793. The van der Waals surface area contributed by atoms with E-state index in [1.54, 1.807) is 6.92 Å². The molecule has 0 saturated carbocycles. The molecule has 0 radical (unpaired) electrons. The number of hydrogen-bond donors (Lipinski definition) is 1. The van der Waals surface area contributed by atoms with E-state index in [0.717, 1.165) is 0 Å². The van der Waals surface area contributed by atoms with Gasteiger partial charge in [-0.3, -0.25) is 9.59 Å². The smallest absolute Gasteiger partial charge is 0.220 e. The molecule has 3 nitrogen and oxygen atoms in total. The fourth-order valence-corrected chi connectivity index (χ4v) is 0.619. The summed E-state index contributed by atoms with van der Waals surface area (Å²) < 4.78 is 0. The van der Waals surface area contributed by atoms with Gasteiger partial charge in [0.25, 0.3) is 0 Å². The third-order valence-electron chi connectivity index (χ3n) is 0.793. The summed E-state index contributed by atoms with van der Waals surface area (Å²) in [6, 6.07) is 0. The van der Waals surface area contributed by atoms with Gasteiger partial charge in [0.2, 0.25) is 5.91 Å². The van der Waals surface area contributed by atoms with Crippen LogP contribution >= 0.6 is 0 Å². The maximum Gasteiger partial charge on any atom is 0.220 e. The molecule has 0 aromatic carbocycles. The Morgan fingerprint density at radius 1 is 1.20 bits per heavy atom. The van der Waals surface area contributed by atoms with Crippen molar-refractivity contribution in [2.75, 3.05) is 0 Å². The van der Waals surface area contributed by atoms with E-state index in [0.29, 0.717) is 5.70 Å². The van der Waals surface area contributed by atoms with Crippen LogP contribution in [0.4, 0.5) is 0 Å². The zero-order chi connectivity index (χ0) is 8.15. The summed E-state index contributed by atoms with van der Waals surface area (Å²) in [4.78, 5) is 20.8. The van der Waals surface area contributed by atoms with Gasteiger partial charge in [0.05, 0.1) is 0 Å². The molecule has 1 amide bonds. The van der Waals surface area contributed by atoms with Crippen molar-refractivity contribution in [2.45, 2.75) is 20.8 Å². The molecule has 0 rings (SSSR count). The van der Waals surface area contributed by atoms with Crippen LogP contribution in [0.1, 0.15) is 20.8 Å². The highest BCUT2D eigenvalue weighted by Crippen LogP contribution is 1.85. The van der Waals surface area contributed by atoms with E-state index in [9.17, 15) is 9.59 Å². The van der Waals surface area contributed by atoms with Crippen LogP contribution in [0.2, 0.25) is 0 Å². The molecule has 0 aliphatic rings. The number of nitrogens with one attached hydrogen (secondary N) is 1. The molecule has 10 heavy (non-hydrogen) atoms. The number of allylic oxidation sites excluding steroid dienone is 2. The monoisotopic (exact) mass is 141 g/mol. The second-order valence-corrected chi connectivity index (χ2v) is 2.12. The first kappa shape index (κ1) is 8.88. The van der Waals surface area contributed by atoms with Gasteiger partial charge in [0.15, 0.2) is 5.78 Å². The largest absolute Gasteiger partial charge is 0.330 e. The normalized spacial score (nSPS) is 10.9. The molecule has 56 valence electrons. The molecule has 0 heterocycles. The molecule has 0 saturated heterocycles. The Balaban J connectivity index is 3.95. The van der Waals surface area contributed by atoms with Crippen LogP contribution in [0, 0.1) is 0 Å². The molecule has 0 aromatic rings. The second-order valence-electron chi connectivity index (χ2n) is 2.12. The summed E-state index contributed by atoms with van der Waals surface area (Å²) in [5.41, 5.74) is 0.583. The number of amides is 1. The summed E-state index contributed by atoms with van der Waals surface area (Å²) in [5, 5.41) is 2.48. The Labute approximate surface area is 60.1 Å². The molecule has 3 heteroatoms. The SMILES string of the molecule is CC(=O)/C=C(/C)NC(C)=O. The summed E-state index contributed by atoms with van der Waals surface area (Å²) in [6.45, 7) is 4.51. The zero-order valence-corrected chi connectivity index (χ0v) is 6.39. The number of ketones is 1. The quantitative estimate of drug-likeness (QED) is 0.573. The lowest BCUT2D eigenvalue weighted by molar-refractivity contribution is -0.118. The maximum atomic E-state index is 10.4. The van der Waals surface area contributed by atoms with Crippen molar-refractivity contribution in [1.29, 1.82) is 0 Å². The number of rotatable bonds is 2. The summed E-state index contributed by atoms with van der Waals surface area (Å²) in [7, 11) is 0. The molecule has 0 aliphatic carbocycles. The van der Waals surface area contributed by atoms with Crippen molar-refractivity contribution in [1.82, 2.24) is 5.32 Å². The minimum absolute atomic E-state index is 0.0637. The van der Waals surface area contributed by atoms with Crippen LogP contribution < -0.4 is 5.32 Å². The van der Waals surface area contributed by atoms with Gasteiger partial charge >= 0.3 is 0 Å². The van der Waals surface area contributed by atoms with Crippen LogP contribution in [-0.4, -0.2) is 11.7 Å². The van der Waals surface area contributed by atoms with Crippen LogP contribution in [-0.2, 0) is 9.59 Å². The number of hydrogen-bond acceptors (Lipinski definition) is 2. The average molecular weight is 141 g/mol. The van der Waals surface area contributed by atoms with E-state index < -0.39 is 0 Å². The first-order valence-electron chi connectivity index (χ1n) is 2.99. The van der Waals surface area contributed by atoms with E-state index in [1.165, 1.54) is 19.9 Å². The predicted molar refractivity (Wildman–Crippen MR) is 38.3 cm³/mol. The van der Waals surface area contributed by atoms with Gasteiger partial charge in [-0.25, -0.2) is 0 Å². The fourth-order valence-electron chi connectivity index (χ4n) is 0.619. The number of carbonyl (C=O) groups excluding carboxylic acids is 2. The highest BCUT2D eigenvalue weighted by atomic mass is 16.1. The molecule has 0 atom stereocenters. The average Bonchev–Trinajstić information content (AvgIpc) is 1.58. The molecule has 0 bridgehead atoms. The predicted octanol–water partition coefficient (Wildman–Crippen LogP) is 0.615. The molecular weight excluding hydrogens is 130 g/mol. The summed E-state index contributed by atoms with van der Waals surface area (Å²) in [6.07, 6.45) is 1.38. The fraction of sp³-hybridized carbons (Fsp3) is 0.429. The lowest BCUT2D eigenvalue weighted by Gasteiger charge is -1.97. The van der Waals surface area contributed by atoms with E-state index in [2.05, 4.69) is 5.32 Å². The topological polar surface area (TPSA) is 46.2 Å². The van der Waals surface area contributed by atoms with Gasteiger partial charge in [0, 0.05) is 12.6 Å². The van der Waals surface area contributed by atoms with Crippen LogP contribution in [0.25, 0.3) is 0 Å². The standard InChI is InChI=1S/C7H11NO2/c1-5(4-6(2)9)8-7(3)10/h4H,1-3H3,(H,8,10)/b5-4-. The van der Waals surface area contributed by atoms with Crippen LogP contribution in [0.15, 0.2) is 11.8 Å². The van der Waals surface area contributed by atoms with Gasteiger partial charge < -0.3 is 5.32 Å². The Bertz CT molecular complexity index is 182. The first-order chi connectivity index (χ1) is 4.52. The first-order valence-corrected chi connectivity index (χ1v) is 2.99. The van der Waals surface area contributed by atoms with Gasteiger partial charge in [-0.15, -0.1) is 0 Å². The molecular formula is C7H11NO2. The van der Waals surface area contributed by atoms with E-state index >= 15 is 0 Å².